The lowest BCUT2D eigenvalue weighted by Crippen LogP contribution is -2.30. The van der Waals surface area contributed by atoms with Crippen molar-refractivity contribution in [3.05, 3.63) is 24.3 Å². The van der Waals surface area contributed by atoms with Crippen LogP contribution in [0.4, 0.5) is 5.69 Å². The lowest BCUT2D eigenvalue weighted by Gasteiger charge is -2.18. The van der Waals surface area contributed by atoms with Gasteiger partial charge in [-0.25, -0.2) is 8.42 Å². The molecule has 0 aliphatic heterocycles. The van der Waals surface area contributed by atoms with E-state index in [9.17, 15) is 8.42 Å². The first kappa shape index (κ1) is 13.0. The largest absolute Gasteiger partial charge is 0.388 e. The molecule has 1 aromatic carbocycles. The third-order valence-electron chi connectivity index (χ3n) is 2.49. The Morgan fingerprint density at radius 2 is 1.62 bits per heavy atom. The summed E-state index contributed by atoms with van der Waals surface area (Å²) < 4.78 is 25.6. The lowest BCUT2D eigenvalue weighted by molar-refractivity contribution is 0.445. The number of nitrogens with one attached hydrogen (secondary N) is 1. The van der Waals surface area contributed by atoms with Gasteiger partial charge in [-0.3, -0.25) is 0 Å². The van der Waals surface area contributed by atoms with E-state index in [1.165, 1.54) is 4.31 Å². The Bertz CT molecular complexity index is 422. The molecular formula is C11H18N2O2S. The summed E-state index contributed by atoms with van der Waals surface area (Å²) in [4.78, 5) is 0.343. The first-order chi connectivity index (χ1) is 7.56. The van der Waals surface area contributed by atoms with Crippen LogP contribution < -0.4 is 5.32 Å². The molecule has 0 aromatic heterocycles. The molecule has 0 saturated heterocycles. The quantitative estimate of drug-likeness (QED) is 0.856. The Hall–Kier alpha value is -1.07. The second kappa shape index (κ2) is 5.32. The normalized spacial score (nSPS) is 11.8. The maximum absolute atomic E-state index is 12.1. The van der Waals surface area contributed by atoms with Gasteiger partial charge in [0.2, 0.25) is 10.0 Å². The van der Waals surface area contributed by atoms with Crippen molar-refractivity contribution >= 4 is 15.7 Å². The molecule has 0 aliphatic carbocycles. The van der Waals surface area contributed by atoms with Gasteiger partial charge in [-0.1, -0.05) is 13.8 Å². The van der Waals surface area contributed by atoms with Crippen LogP contribution >= 0.6 is 0 Å². The summed E-state index contributed by atoms with van der Waals surface area (Å²) in [5.41, 5.74) is 0.901. The first-order valence-corrected chi connectivity index (χ1v) is 6.78. The maximum atomic E-state index is 12.1. The lowest BCUT2D eigenvalue weighted by atomic mass is 10.3. The summed E-state index contributed by atoms with van der Waals surface area (Å²) in [6.45, 7) is 4.66. The molecule has 0 heterocycles. The number of sulfonamides is 1. The topological polar surface area (TPSA) is 49.4 Å². The van der Waals surface area contributed by atoms with Crippen molar-refractivity contribution in [3.63, 3.8) is 0 Å². The van der Waals surface area contributed by atoms with Crippen LogP contribution in [0.5, 0.6) is 0 Å². The average molecular weight is 242 g/mol. The highest BCUT2D eigenvalue weighted by atomic mass is 32.2. The van der Waals surface area contributed by atoms with Crippen molar-refractivity contribution in [1.29, 1.82) is 0 Å². The molecule has 0 spiro atoms. The Labute approximate surface area is 97.3 Å². The first-order valence-electron chi connectivity index (χ1n) is 5.34. The van der Waals surface area contributed by atoms with Crippen LogP contribution in [0.15, 0.2) is 29.2 Å². The van der Waals surface area contributed by atoms with Crippen LogP contribution in [0.1, 0.15) is 13.8 Å². The molecule has 0 aliphatic rings. The molecule has 0 saturated carbocycles. The minimum atomic E-state index is -3.32. The SMILES string of the molecule is CCN(CC)S(=O)(=O)c1ccc(NC)cc1. The predicted molar refractivity (Wildman–Crippen MR) is 66.1 cm³/mol. The molecule has 0 amide bonds. The summed E-state index contributed by atoms with van der Waals surface area (Å²) >= 11 is 0. The van der Waals surface area contributed by atoms with Crippen molar-refractivity contribution in [1.82, 2.24) is 4.31 Å². The van der Waals surface area contributed by atoms with Gasteiger partial charge in [0.25, 0.3) is 0 Å². The van der Waals surface area contributed by atoms with Gasteiger partial charge in [0, 0.05) is 25.8 Å². The van der Waals surface area contributed by atoms with E-state index in [0.29, 0.717) is 18.0 Å². The van der Waals surface area contributed by atoms with Crippen molar-refractivity contribution in [2.24, 2.45) is 0 Å². The van der Waals surface area contributed by atoms with Crippen LogP contribution in [-0.2, 0) is 10.0 Å². The molecular weight excluding hydrogens is 224 g/mol. The molecule has 5 heteroatoms. The van der Waals surface area contributed by atoms with E-state index in [1.54, 1.807) is 31.3 Å². The Morgan fingerprint density at radius 3 is 2.00 bits per heavy atom. The summed E-state index contributed by atoms with van der Waals surface area (Å²) in [6, 6.07) is 6.77. The molecule has 90 valence electrons. The smallest absolute Gasteiger partial charge is 0.243 e. The van der Waals surface area contributed by atoms with Gasteiger partial charge in [0.1, 0.15) is 0 Å². The Kier molecular flexibility index (Phi) is 4.32. The predicted octanol–water partition coefficient (Wildman–Crippen LogP) is 1.76. The van der Waals surface area contributed by atoms with E-state index in [1.807, 2.05) is 13.8 Å². The highest BCUT2D eigenvalue weighted by Crippen LogP contribution is 2.17. The molecule has 0 atom stereocenters. The number of benzene rings is 1. The third-order valence-corrected chi connectivity index (χ3v) is 4.55. The molecule has 0 bridgehead atoms. The van der Waals surface area contributed by atoms with Crippen molar-refractivity contribution < 1.29 is 8.42 Å². The highest BCUT2D eigenvalue weighted by Gasteiger charge is 2.20. The van der Waals surface area contributed by atoms with Crippen LogP contribution in [0.25, 0.3) is 0 Å². The van der Waals surface area contributed by atoms with Gasteiger partial charge in [-0.15, -0.1) is 0 Å². The second-order valence-electron chi connectivity index (χ2n) is 3.36. The molecule has 1 aromatic rings. The zero-order chi connectivity index (χ0) is 12.2. The second-order valence-corrected chi connectivity index (χ2v) is 5.30. The number of hydrogen-bond donors (Lipinski definition) is 1. The van der Waals surface area contributed by atoms with Crippen LogP contribution in [-0.4, -0.2) is 32.9 Å². The van der Waals surface area contributed by atoms with E-state index >= 15 is 0 Å². The number of rotatable bonds is 5. The van der Waals surface area contributed by atoms with Gasteiger partial charge >= 0.3 is 0 Å². The van der Waals surface area contributed by atoms with Crippen molar-refractivity contribution in [2.75, 3.05) is 25.5 Å². The fourth-order valence-electron chi connectivity index (χ4n) is 1.51. The number of nitrogens with zero attached hydrogens (tertiary/aromatic N) is 1. The van der Waals surface area contributed by atoms with Crippen molar-refractivity contribution in [3.8, 4) is 0 Å². The Balaban J connectivity index is 3.07. The summed E-state index contributed by atoms with van der Waals surface area (Å²) in [5.74, 6) is 0. The van der Waals surface area contributed by atoms with Gasteiger partial charge in [0.15, 0.2) is 0 Å². The van der Waals surface area contributed by atoms with E-state index in [2.05, 4.69) is 5.32 Å². The molecule has 1 N–H and O–H groups in total. The van der Waals surface area contributed by atoms with Crippen LogP contribution in [0.3, 0.4) is 0 Å². The molecule has 0 radical (unpaired) electrons. The molecule has 0 fully saturated rings. The monoisotopic (exact) mass is 242 g/mol. The van der Waals surface area contributed by atoms with Crippen molar-refractivity contribution in [2.45, 2.75) is 18.7 Å². The van der Waals surface area contributed by atoms with E-state index in [4.69, 9.17) is 0 Å². The number of anilines is 1. The van der Waals surface area contributed by atoms with E-state index in [-0.39, 0.29) is 0 Å². The zero-order valence-electron chi connectivity index (χ0n) is 9.90. The van der Waals surface area contributed by atoms with Crippen LogP contribution in [0.2, 0.25) is 0 Å². The number of hydrogen-bond acceptors (Lipinski definition) is 3. The van der Waals surface area contributed by atoms with Gasteiger partial charge < -0.3 is 5.32 Å². The minimum absolute atomic E-state index is 0.343. The summed E-state index contributed by atoms with van der Waals surface area (Å²) in [6.07, 6.45) is 0. The highest BCUT2D eigenvalue weighted by molar-refractivity contribution is 7.89. The summed E-state index contributed by atoms with van der Waals surface area (Å²) in [7, 11) is -1.52. The van der Waals surface area contributed by atoms with Gasteiger partial charge in [0.05, 0.1) is 4.90 Å². The fourth-order valence-corrected chi connectivity index (χ4v) is 2.96. The molecule has 4 nitrogen and oxygen atoms in total. The van der Waals surface area contributed by atoms with E-state index in [0.717, 1.165) is 5.69 Å². The fraction of sp³-hybridized carbons (Fsp3) is 0.455. The third kappa shape index (κ3) is 2.54. The van der Waals surface area contributed by atoms with Gasteiger partial charge in [-0.2, -0.15) is 4.31 Å². The standard InChI is InChI=1S/C11H18N2O2S/c1-4-13(5-2)16(14,15)11-8-6-10(12-3)7-9-11/h6-9,12H,4-5H2,1-3H3. The maximum Gasteiger partial charge on any atom is 0.243 e. The molecule has 1 rings (SSSR count). The zero-order valence-corrected chi connectivity index (χ0v) is 10.7. The van der Waals surface area contributed by atoms with Gasteiger partial charge in [-0.05, 0) is 24.3 Å². The molecule has 16 heavy (non-hydrogen) atoms. The Morgan fingerprint density at radius 1 is 1.12 bits per heavy atom. The molecule has 0 unspecified atom stereocenters. The minimum Gasteiger partial charge on any atom is -0.388 e. The summed E-state index contributed by atoms with van der Waals surface area (Å²) in [5, 5.41) is 2.95. The van der Waals surface area contributed by atoms with Crippen LogP contribution in [0, 0.1) is 0 Å². The van der Waals surface area contributed by atoms with E-state index < -0.39 is 10.0 Å². The average Bonchev–Trinajstić information content (AvgIpc) is 2.30.